The highest BCUT2D eigenvalue weighted by Gasteiger charge is 2.00. The predicted molar refractivity (Wildman–Crippen MR) is 70.1 cm³/mol. The molecule has 18 heavy (non-hydrogen) atoms. The fraction of sp³-hybridized carbons (Fsp3) is 0.286. The molecule has 0 unspecified atom stereocenters. The van der Waals surface area contributed by atoms with E-state index in [1.807, 2.05) is 37.3 Å². The lowest BCUT2D eigenvalue weighted by Gasteiger charge is -2.00. The van der Waals surface area contributed by atoms with Gasteiger partial charge in [-0.3, -0.25) is 9.59 Å². The van der Waals surface area contributed by atoms with E-state index in [1.54, 1.807) is 6.08 Å². The van der Waals surface area contributed by atoms with Crippen molar-refractivity contribution < 1.29 is 14.7 Å². The third-order valence-electron chi connectivity index (χ3n) is 2.35. The van der Waals surface area contributed by atoms with Gasteiger partial charge >= 0.3 is 5.97 Å². The minimum Gasteiger partial charge on any atom is -0.481 e. The molecule has 2 N–H and O–H groups in total. The smallest absolute Gasteiger partial charge is 0.305 e. The van der Waals surface area contributed by atoms with Gasteiger partial charge in [-0.2, -0.15) is 0 Å². The minimum absolute atomic E-state index is 0.0482. The molecule has 0 heterocycles. The lowest BCUT2D eigenvalue weighted by molar-refractivity contribution is -0.136. The van der Waals surface area contributed by atoms with Gasteiger partial charge in [-0.05, 0) is 12.5 Å². The Labute approximate surface area is 106 Å². The number of hydrogen-bond donors (Lipinski definition) is 2. The maximum absolute atomic E-state index is 11.3. The molecule has 0 aliphatic rings. The Morgan fingerprint density at radius 3 is 2.56 bits per heavy atom. The number of aliphatic carboxylic acids is 1. The summed E-state index contributed by atoms with van der Waals surface area (Å²) < 4.78 is 0. The zero-order valence-corrected chi connectivity index (χ0v) is 10.3. The van der Waals surface area contributed by atoms with Gasteiger partial charge in [0.15, 0.2) is 0 Å². The summed E-state index contributed by atoms with van der Waals surface area (Å²) in [5, 5.41) is 10.9. The zero-order valence-electron chi connectivity index (χ0n) is 10.3. The van der Waals surface area contributed by atoms with Crippen LogP contribution in [0.2, 0.25) is 0 Å². The topological polar surface area (TPSA) is 66.4 Å². The molecule has 1 aromatic carbocycles. The molecule has 0 bridgehead atoms. The van der Waals surface area contributed by atoms with Crippen LogP contribution in [-0.4, -0.2) is 23.5 Å². The van der Waals surface area contributed by atoms with Crippen molar-refractivity contribution in [2.45, 2.75) is 19.8 Å². The molecule has 0 aromatic heterocycles. The second-order valence-electron chi connectivity index (χ2n) is 4.01. The summed E-state index contributed by atoms with van der Waals surface area (Å²) in [6.07, 6.45) is 3.85. The van der Waals surface area contributed by atoms with Crippen LogP contribution in [0.25, 0.3) is 6.08 Å². The molecule has 4 nitrogen and oxygen atoms in total. The van der Waals surface area contributed by atoms with Gasteiger partial charge in [0.2, 0.25) is 5.91 Å². The molecule has 0 spiro atoms. The van der Waals surface area contributed by atoms with Gasteiger partial charge in [0.1, 0.15) is 0 Å². The first-order chi connectivity index (χ1) is 8.58. The molecule has 0 atom stereocenters. The minimum atomic E-state index is -0.912. The number of benzene rings is 1. The number of rotatable bonds is 6. The Morgan fingerprint density at radius 1 is 1.28 bits per heavy atom. The maximum Gasteiger partial charge on any atom is 0.305 e. The van der Waals surface area contributed by atoms with E-state index >= 15 is 0 Å². The molecule has 1 aromatic rings. The highest BCUT2D eigenvalue weighted by atomic mass is 16.4. The molecular weight excluding hydrogens is 230 g/mol. The van der Waals surface area contributed by atoms with Crippen LogP contribution in [0, 0.1) is 6.92 Å². The summed E-state index contributed by atoms with van der Waals surface area (Å²) in [7, 11) is 0. The summed E-state index contributed by atoms with van der Waals surface area (Å²) in [6.45, 7) is 2.19. The summed E-state index contributed by atoms with van der Waals surface area (Å²) in [5.74, 6) is -1.08. The molecule has 0 radical (unpaired) electrons. The van der Waals surface area contributed by atoms with Crippen molar-refractivity contribution in [1.29, 1.82) is 0 Å². The van der Waals surface area contributed by atoms with Crippen LogP contribution in [0.3, 0.4) is 0 Å². The van der Waals surface area contributed by atoms with E-state index in [9.17, 15) is 9.59 Å². The molecule has 96 valence electrons. The van der Waals surface area contributed by atoms with Gasteiger partial charge < -0.3 is 10.4 Å². The van der Waals surface area contributed by atoms with Crippen LogP contribution in [0.4, 0.5) is 0 Å². The van der Waals surface area contributed by atoms with Crippen LogP contribution >= 0.6 is 0 Å². The van der Waals surface area contributed by atoms with Crippen molar-refractivity contribution in [3.63, 3.8) is 0 Å². The van der Waals surface area contributed by atoms with E-state index in [2.05, 4.69) is 5.32 Å². The number of carbonyl (C=O) groups excluding carboxylic acids is 1. The molecule has 0 fully saturated rings. The van der Waals surface area contributed by atoms with Gasteiger partial charge in [0.25, 0.3) is 0 Å². The van der Waals surface area contributed by atoms with Gasteiger partial charge in [-0.1, -0.05) is 42.0 Å². The summed E-state index contributed by atoms with van der Waals surface area (Å²) in [5.41, 5.74) is 2.23. The second kappa shape index (κ2) is 7.27. The predicted octanol–water partition coefficient (Wildman–Crippen LogP) is 1.99. The van der Waals surface area contributed by atoms with Crippen LogP contribution in [-0.2, 0) is 9.59 Å². The van der Waals surface area contributed by atoms with Gasteiger partial charge in [-0.25, -0.2) is 0 Å². The third-order valence-corrected chi connectivity index (χ3v) is 2.35. The summed E-state index contributed by atoms with van der Waals surface area (Å²) >= 11 is 0. The molecular formula is C14H17NO3. The number of aryl methyl sites for hydroxylation is 1. The van der Waals surface area contributed by atoms with E-state index in [4.69, 9.17) is 5.11 Å². The van der Waals surface area contributed by atoms with Crippen molar-refractivity contribution in [3.05, 3.63) is 41.5 Å². The molecule has 0 aliphatic heterocycles. The fourth-order valence-electron chi connectivity index (χ4n) is 1.36. The van der Waals surface area contributed by atoms with E-state index in [1.165, 1.54) is 5.56 Å². The molecule has 4 heteroatoms. The molecule has 0 aliphatic carbocycles. The Hall–Kier alpha value is -2.10. The lowest BCUT2D eigenvalue weighted by atomic mass is 10.1. The Morgan fingerprint density at radius 2 is 1.94 bits per heavy atom. The Balaban J connectivity index is 2.29. The van der Waals surface area contributed by atoms with Crippen LogP contribution < -0.4 is 5.32 Å². The Bertz CT molecular complexity index is 435. The third kappa shape index (κ3) is 5.84. The van der Waals surface area contributed by atoms with Gasteiger partial charge in [0, 0.05) is 13.0 Å². The molecule has 0 saturated heterocycles. The second-order valence-corrected chi connectivity index (χ2v) is 4.01. The van der Waals surface area contributed by atoms with Crippen LogP contribution in [0.1, 0.15) is 24.0 Å². The maximum atomic E-state index is 11.3. The Kier molecular flexibility index (Phi) is 5.64. The highest BCUT2D eigenvalue weighted by Crippen LogP contribution is 2.05. The standard InChI is InChI=1S/C14H17NO3/c1-11-5-7-12(8-6-11)3-2-4-13(16)15-10-9-14(17)18/h2-3,5-8H,4,9-10H2,1H3,(H,15,16)(H,17,18)/b3-2+. The van der Waals surface area contributed by atoms with Gasteiger partial charge in [0.05, 0.1) is 6.42 Å². The van der Waals surface area contributed by atoms with E-state index in [0.29, 0.717) is 0 Å². The zero-order chi connectivity index (χ0) is 13.4. The average molecular weight is 247 g/mol. The SMILES string of the molecule is Cc1ccc(/C=C/CC(=O)NCCC(=O)O)cc1. The molecule has 1 rings (SSSR count). The monoisotopic (exact) mass is 247 g/mol. The first-order valence-electron chi connectivity index (χ1n) is 5.79. The lowest BCUT2D eigenvalue weighted by Crippen LogP contribution is -2.25. The number of carboxylic acids is 1. The van der Waals surface area contributed by atoms with Crippen molar-refractivity contribution in [3.8, 4) is 0 Å². The van der Waals surface area contributed by atoms with E-state index in [-0.39, 0.29) is 25.3 Å². The van der Waals surface area contributed by atoms with E-state index < -0.39 is 5.97 Å². The highest BCUT2D eigenvalue weighted by molar-refractivity contribution is 5.79. The van der Waals surface area contributed by atoms with E-state index in [0.717, 1.165) is 5.56 Å². The van der Waals surface area contributed by atoms with Crippen LogP contribution in [0.15, 0.2) is 30.3 Å². The summed E-state index contributed by atoms with van der Waals surface area (Å²) in [6, 6.07) is 7.97. The quantitative estimate of drug-likeness (QED) is 0.807. The number of hydrogen-bond acceptors (Lipinski definition) is 2. The van der Waals surface area contributed by atoms with Gasteiger partial charge in [-0.15, -0.1) is 0 Å². The van der Waals surface area contributed by atoms with Crippen molar-refractivity contribution >= 4 is 18.0 Å². The first kappa shape index (κ1) is 14.0. The van der Waals surface area contributed by atoms with Crippen LogP contribution in [0.5, 0.6) is 0 Å². The molecule has 1 amide bonds. The number of carboxylic acid groups (broad SMARTS) is 1. The number of amides is 1. The van der Waals surface area contributed by atoms with Crippen molar-refractivity contribution in [2.75, 3.05) is 6.54 Å². The van der Waals surface area contributed by atoms with Crippen molar-refractivity contribution in [1.82, 2.24) is 5.32 Å². The van der Waals surface area contributed by atoms with Crippen molar-refractivity contribution in [2.24, 2.45) is 0 Å². The first-order valence-corrected chi connectivity index (χ1v) is 5.79. The molecule has 0 saturated carbocycles. The fourth-order valence-corrected chi connectivity index (χ4v) is 1.36. The normalized spacial score (nSPS) is 10.5. The number of carbonyl (C=O) groups is 2. The largest absolute Gasteiger partial charge is 0.481 e. The average Bonchev–Trinajstić information content (AvgIpc) is 2.31. The number of nitrogens with one attached hydrogen (secondary N) is 1. The summed E-state index contributed by atoms with van der Waals surface area (Å²) in [4.78, 5) is 21.6.